The summed E-state index contributed by atoms with van der Waals surface area (Å²) in [6.07, 6.45) is 1.50. The summed E-state index contributed by atoms with van der Waals surface area (Å²) in [6, 6.07) is 3.87. The molecule has 0 unspecified atom stereocenters. The molecule has 0 aromatic heterocycles. The van der Waals surface area contributed by atoms with Crippen LogP contribution in [0.1, 0.15) is 32.3 Å². The van der Waals surface area contributed by atoms with Gasteiger partial charge in [-0.15, -0.1) is 0 Å². The van der Waals surface area contributed by atoms with Gasteiger partial charge in [0, 0.05) is 25.6 Å². The Kier molecular flexibility index (Phi) is 5.89. The van der Waals surface area contributed by atoms with Crippen molar-refractivity contribution in [1.82, 2.24) is 10.2 Å². The van der Waals surface area contributed by atoms with Crippen LogP contribution in [-0.4, -0.2) is 36.5 Å². The van der Waals surface area contributed by atoms with E-state index in [0.717, 1.165) is 37.7 Å². The Balaban J connectivity index is 1.71. The van der Waals surface area contributed by atoms with Gasteiger partial charge >= 0.3 is 0 Å². The van der Waals surface area contributed by atoms with Crippen molar-refractivity contribution in [2.24, 2.45) is 5.92 Å². The van der Waals surface area contributed by atoms with Crippen LogP contribution in [0.15, 0.2) is 18.2 Å². The number of rotatable bonds is 6. The summed E-state index contributed by atoms with van der Waals surface area (Å²) < 4.78 is 26.5. The second-order valence-electron chi connectivity index (χ2n) is 6.28. The minimum Gasteiger partial charge on any atom is -0.356 e. The number of aryl methyl sites for hydroxylation is 1. The van der Waals surface area contributed by atoms with Gasteiger partial charge in [-0.1, -0.05) is 0 Å². The summed E-state index contributed by atoms with van der Waals surface area (Å²) in [5, 5.41) is 2.91. The van der Waals surface area contributed by atoms with Crippen LogP contribution in [0.2, 0.25) is 0 Å². The number of likely N-dealkylation sites (tertiary alicyclic amines) is 1. The van der Waals surface area contributed by atoms with Gasteiger partial charge < -0.3 is 10.2 Å². The third kappa shape index (κ3) is 4.77. The number of nitrogens with zero attached hydrogens (tertiary/aromatic N) is 1. The molecule has 22 heavy (non-hydrogen) atoms. The predicted molar refractivity (Wildman–Crippen MR) is 82.5 cm³/mol. The third-order valence-electron chi connectivity index (χ3n) is 4.26. The molecule has 1 aromatic carbocycles. The number of hydrogen-bond donors (Lipinski definition) is 1. The van der Waals surface area contributed by atoms with Gasteiger partial charge in [-0.2, -0.15) is 0 Å². The lowest BCUT2D eigenvalue weighted by molar-refractivity contribution is -0.121. The van der Waals surface area contributed by atoms with Gasteiger partial charge in [-0.25, -0.2) is 8.78 Å². The van der Waals surface area contributed by atoms with Gasteiger partial charge in [0.05, 0.1) is 0 Å². The first kappa shape index (κ1) is 16.9. The van der Waals surface area contributed by atoms with Crippen LogP contribution in [0.4, 0.5) is 8.78 Å². The maximum atomic E-state index is 13.5. The summed E-state index contributed by atoms with van der Waals surface area (Å²) in [6.45, 7) is 7.10. The fourth-order valence-electron chi connectivity index (χ4n) is 2.83. The minimum absolute atomic E-state index is 0.105. The lowest BCUT2D eigenvalue weighted by Gasteiger charge is -2.20. The number of halogens is 2. The molecule has 1 aliphatic heterocycles. The Hall–Kier alpha value is -1.49. The Morgan fingerprint density at radius 2 is 2.18 bits per heavy atom. The summed E-state index contributed by atoms with van der Waals surface area (Å²) in [7, 11) is 0. The van der Waals surface area contributed by atoms with E-state index in [9.17, 15) is 13.6 Å². The molecule has 3 nitrogen and oxygen atoms in total. The van der Waals surface area contributed by atoms with E-state index in [1.165, 1.54) is 0 Å². The molecule has 0 radical (unpaired) electrons. The highest BCUT2D eigenvalue weighted by atomic mass is 19.1. The van der Waals surface area contributed by atoms with E-state index in [0.29, 0.717) is 18.5 Å². The number of benzene rings is 1. The lowest BCUT2D eigenvalue weighted by Crippen LogP contribution is -2.33. The monoisotopic (exact) mass is 310 g/mol. The summed E-state index contributed by atoms with van der Waals surface area (Å²) >= 11 is 0. The zero-order valence-corrected chi connectivity index (χ0v) is 13.2. The molecular weight excluding hydrogens is 286 g/mol. The average Bonchev–Trinajstić information content (AvgIpc) is 2.95. The fourth-order valence-corrected chi connectivity index (χ4v) is 2.83. The highest BCUT2D eigenvalue weighted by Gasteiger charge is 2.24. The molecule has 1 aromatic rings. The standard InChI is InChI=1S/C17H24F2N2O/c1-12(2)21-8-7-13(11-21)10-20-17(22)6-3-14-9-15(18)4-5-16(14)19/h4-5,9,12-13H,3,6-8,10-11H2,1-2H3,(H,20,22)/t13-/m0/s1. The normalized spacial score (nSPS) is 18.9. The van der Waals surface area contributed by atoms with Gasteiger partial charge in [0.2, 0.25) is 5.91 Å². The fraction of sp³-hybridized carbons (Fsp3) is 0.588. The number of carbonyl (C=O) groups is 1. The number of carbonyl (C=O) groups excluding carboxylic acids is 1. The smallest absolute Gasteiger partial charge is 0.220 e. The van der Waals surface area contributed by atoms with E-state index in [1.807, 2.05) is 0 Å². The van der Waals surface area contributed by atoms with Crippen LogP contribution in [0.25, 0.3) is 0 Å². The quantitative estimate of drug-likeness (QED) is 0.876. The van der Waals surface area contributed by atoms with Crippen LogP contribution >= 0.6 is 0 Å². The highest BCUT2D eigenvalue weighted by Crippen LogP contribution is 2.17. The van der Waals surface area contributed by atoms with Crippen LogP contribution in [-0.2, 0) is 11.2 Å². The van der Waals surface area contributed by atoms with E-state index in [4.69, 9.17) is 0 Å². The molecule has 0 aliphatic carbocycles. The van der Waals surface area contributed by atoms with Crippen molar-refractivity contribution >= 4 is 5.91 Å². The predicted octanol–water partition coefficient (Wildman–Crippen LogP) is 2.74. The van der Waals surface area contributed by atoms with Crippen molar-refractivity contribution in [2.75, 3.05) is 19.6 Å². The van der Waals surface area contributed by atoms with Crippen LogP contribution in [0.5, 0.6) is 0 Å². The molecule has 1 N–H and O–H groups in total. The van der Waals surface area contributed by atoms with Crippen molar-refractivity contribution in [3.8, 4) is 0 Å². The van der Waals surface area contributed by atoms with Gasteiger partial charge in [-0.05, 0) is 62.9 Å². The number of amides is 1. The first-order valence-electron chi connectivity index (χ1n) is 7.90. The Labute approximate surface area is 130 Å². The van der Waals surface area contributed by atoms with Crippen LogP contribution in [0, 0.1) is 17.6 Å². The van der Waals surface area contributed by atoms with Crippen LogP contribution < -0.4 is 5.32 Å². The third-order valence-corrected chi connectivity index (χ3v) is 4.26. The molecule has 0 saturated carbocycles. The van der Waals surface area contributed by atoms with Gasteiger partial charge in [0.15, 0.2) is 0 Å². The van der Waals surface area contributed by atoms with Crippen molar-refractivity contribution in [3.63, 3.8) is 0 Å². The maximum absolute atomic E-state index is 13.5. The zero-order valence-electron chi connectivity index (χ0n) is 13.2. The molecule has 1 atom stereocenters. The largest absolute Gasteiger partial charge is 0.356 e. The molecule has 0 spiro atoms. The molecule has 1 saturated heterocycles. The second kappa shape index (κ2) is 7.68. The summed E-state index contributed by atoms with van der Waals surface area (Å²) in [4.78, 5) is 14.2. The van der Waals surface area contributed by atoms with Gasteiger partial charge in [-0.3, -0.25) is 4.79 Å². The molecule has 1 aliphatic rings. The van der Waals surface area contributed by atoms with Gasteiger partial charge in [0.1, 0.15) is 11.6 Å². The topological polar surface area (TPSA) is 32.3 Å². The van der Waals surface area contributed by atoms with Crippen LogP contribution in [0.3, 0.4) is 0 Å². The summed E-state index contributed by atoms with van der Waals surface area (Å²) in [5.74, 6) is -0.557. The van der Waals surface area contributed by atoms with E-state index in [1.54, 1.807) is 0 Å². The lowest BCUT2D eigenvalue weighted by atomic mass is 10.1. The number of nitrogens with one attached hydrogen (secondary N) is 1. The first-order valence-corrected chi connectivity index (χ1v) is 7.90. The van der Waals surface area contributed by atoms with Gasteiger partial charge in [0.25, 0.3) is 0 Å². The molecule has 1 fully saturated rings. The first-order chi connectivity index (χ1) is 10.5. The van der Waals surface area contributed by atoms with E-state index in [-0.39, 0.29) is 24.3 Å². The van der Waals surface area contributed by atoms with E-state index >= 15 is 0 Å². The maximum Gasteiger partial charge on any atom is 0.220 e. The van der Waals surface area contributed by atoms with E-state index < -0.39 is 11.6 Å². The second-order valence-corrected chi connectivity index (χ2v) is 6.28. The summed E-state index contributed by atoms with van der Waals surface area (Å²) in [5.41, 5.74) is 0.252. The van der Waals surface area contributed by atoms with Crippen molar-refractivity contribution in [2.45, 2.75) is 39.2 Å². The average molecular weight is 310 g/mol. The molecule has 0 bridgehead atoms. The van der Waals surface area contributed by atoms with Crippen molar-refractivity contribution in [3.05, 3.63) is 35.4 Å². The molecule has 1 amide bonds. The molecule has 5 heteroatoms. The molecule has 1 heterocycles. The van der Waals surface area contributed by atoms with Crippen molar-refractivity contribution in [1.29, 1.82) is 0 Å². The Bertz CT molecular complexity index is 519. The SMILES string of the molecule is CC(C)N1CC[C@@H](CNC(=O)CCc2cc(F)ccc2F)C1. The van der Waals surface area contributed by atoms with Crippen molar-refractivity contribution < 1.29 is 13.6 Å². The molecule has 122 valence electrons. The highest BCUT2D eigenvalue weighted by molar-refractivity contribution is 5.76. The number of hydrogen-bond acceptors (Lipinski definition) is 2. The van der Waals surface area contributed by atoms with E-state index in [2.05, 4.69) is 24.1 Å². The Morgan fingerprint density at radius 1 is 1.41 bits per heavy atom. The molecule has 2 rings (SSSR count). The minimum atomic E-state index is -0.475. The Morgan fingerprint density at radius 3 is 2.86 bits per heavy atom. The zero-order chi connectivity index (χ0) is 16.1. The molecular formula is C17H24F2N2O.